The van der Waals surface area contributed by atoms with Crippen molar-refractivity contribution in [1.82, 2.24) is 14.9 Å². The number of nitrogens with zero attached hydrogens (tertiary/aromatic N) is 2. The molecular weight excluding hydrogens is 354 g/mol. The number of carbonyl (C=O) groups is 1. The fourth-order valence-electron chi connectivity index (χ4n) is 3.63. The minimum Gasteiger partial charge on any atom is -0.352 e. The molecule has 1 fully saturated rings. The molecule has 0 aliphatic heterocycles. The van der Waals surface area contributed by atoms with Crippen LogP contribution in [0, 0.1) is 6.92 Å². The molecule has 0 bridgehead atoms. The van der Waals surface area contributed by atoms with Crippen LogP contribution in [0.1, 0.15) is 38.2 Å². The summed E-state index contributed by atoms with van der Waals surface area (Å²) in [5, 5.41) is 3.87. The molecule has 4 rings (SSSR count). The maximum absolute atomic E-state index is 12.6. The summed E-state index contributed by atoms with van der Waals surface area (Å²) in [6.07, 6.45) is 4.64. The van der Waals surface area contributed by atoms with E-state index in [4.69, 9.17) is 4.98 Å². The highest BCUT2D eigenvalue weighted by atomic mass is 32.2. The normalized spacial score (nSPS) is 15.9. The van der Waals surface area contributed by atoms with Crippen molar-refractivity contribution < 1.29 is 4.79 Å². The van der Waals surface area contributed by atoms with Crippen molar-refractivity contribution in [2.75, 3.05) is 0 Å². The molecule has 27 heavy (non-hydrogen) atoms. The van der Waals surface area contributed by atoms with Gasteiger partial charge in [-0.2, -0.15) is 0 Å². The second-order valence-electron chi connectivity index (χ2n) is 7.30. The lowest BCUT2D eigenvalue weighted by Gasteiger charge is -2.17. The maximum Gasteiger partial charge on any atom is 0.233 e. The molecule has 140 valence electrons. The Bertz CT molecular complexity index is 942. The van der Waals surface area contributed by atoms with E-state index in [1.54, 1.807) is 0 Å². The van der Waals surface area contributed by atoms with Crippen LogP contribution in [0.5, 0.6) is 0 Å². The van der Waals surface area contributed by atoms with Crippen LogP contribution < -0.4 is 5.32 Å². The van der Waals surface area contributed by atoms with Crippen LogP contribution in [0.4, 0.5) is 0 Å². The van der Waals surface area contributed by atoms with Crippen LogP contribution in [0.3, 0.4) is 0 Å². The molecule has 1 saturated carbocycles. The molecule has 4 nitrogen and oxygen atoms in total. The molecule has 1 atom stereocenters. The van der Waals surface area contributed by atoms with Crippen molar-refractivity contribution in [3.05, 3.63) is 54.1 Å². The number of aryl methyl sites for hydroxylation is 1. The lowest BCUT2D eigenvalue weighted by atomic mass is 10.2. The number of carbonyl (C=O) groups excluding carboxylic acids is 1. The molecule has 1 heterocycles. The Morgan fingerprint density at radius 2 is 1.85 bits per heavy atom. The number of para-hydroxylation sites is 2. The van der Waals surface area contributed by atoms with Gasteiger partial charge < -0.3 is 5.32 Å². The monoisotopic (exact) mass is 379 g/mol. The third kappa shape index (κ3) is 3.88. The average Bonchev–Trinajstić information content (AvgIpc) is 3.29. The van der Waals surface area contributed by atoms with Gasteiger partial charge in [-0.1, -0.05) is 54.4 Å². The Balaban J connectivity index is 1.63. The summed E-state index contributed by atoms with van der Waals surface area (Å²) in [6.45, 7) is 4.05. The third-order valence-electron chi connectivity index (χ3n) is 5.18. The van der Waals surface area contributed by atoms with Gasteiger partial charge in [0.2, 0.25) is 5.91 Å². The average molecular weight is 380 g/mol. The zero-order valence-corrected chi connectivity index (χ0v) is 16.6. The van der Waals surface area contributed by atoms with Gasteiger partial charge in [0.25, 0.3) is 0 Å². The Labute approximate surface area is 164 Å². The summed E-state index contributed by atoms with van der Waals surface area (Å²) in [6, 6.07) is 16.9. The van der Waals surface area contributed by atoms with Gasteiger partial charge in [-0.15, -0.1) is 0 Å². The quantitative estimate of drug-likeness (QED) is 0.643. The number of benzene rings is 2. The fourth-order valence-corrected chi connectivity index (χ4v) is 4.58. The number of rotatable bonds is 5. The van der Waals surface area contributed by atoms with Crippen LogP contribution in [0.15, 0.2) is 53.7 Å². The smallest absolute Gasteiger partial charge is 0.233 e. The molecule has 0 unspecified atom stereocenters. The Kier molecular flexibility index (Phi) is 5.21. The Hall–Kier alpha value is -2.27. The third-order valence-corrected chi connectivity index (χ3v) is 6.23. The molecule has 0 radical (unpaired) electrons. The first-order valence-electron chi connectivity index (χ1n) is 9.63. The predicted octanol–water partition coefficient (Wildman–Crippen LogP) is 4.87. The van der Waals surface area contributed by atoms with E-state index in [-0.39, 0.29) is 11.2 Å². The highest BCUT2D eigenvalue weighted by Gasteiger charge is 2.23. The van der Waals surface area contributed by atoms with Gasteiger partial charge in [0.15, 0.2) is 5.16 Å². The molecule has 0 saturated heterocycles. The summed E-state index contributed by atoms with van der Waals surface area (Å²) in [5.74, 6) is 0.106. The van der Waals surface area contributed by atoms with Gasteiger partial charge in [-0.3, -0.25) is 9.36 Å². The summed E-state index contributed by atoms with van der Waals surface area (Å²) in [5.41, 5.74) is 4.30. The second kappa shape index (κ2) is 7.77. The zero-order chi connectivity index (χ0) is 18.8. The molecule has 2 aromatic carbocycles. The van der Waals surface area contributed by atoms with Crippen molar-refractivity contribution in [2.24, 2.45) is 0 Å². The van der Waals surface area contributed by atoms with E-state index in [1.165, 1.54) is 30.2 Å². The van der Waals surface area contributed by atoms with Crippen LogP contribution in [-0.4, -0.2) is 26.8 Å². The zero-order valence-electron chi connectivity index (χ0n) is 15.8. The maximum atomic E-state index is 12.6. The number of nitrogens with one attached hydrogen (secondary N) is 1. The molecule has 1 aromatic heterocycles. The number of hydrogen-bond acceptors (Lipinski definition) is 3. The number of fused-ring (bicyclic) bond motifs is 1. The van der Waals surface area contributed by atoms with Gasteiger partial charge in [-0.05, 0) is 51.0 Å². The first-order chi connectivity index (χ1) is 13.1. The Morgan fingerprint density at radius 1 is 1.15 bits per heavy atom. The van der Waals surface area contributed by atoms with E-state index >= 15 is 0 Å². The molecular formula is C22H25N3OS. The summed E-state index contributed by atoms with van der Waals surface area (Å²) >= 11 is 1.53. The molecule has 1 aliphatic carbocycles. The number of thioether (sulfide) groups is 1. The lowest BCUT2D eigenvalue weighted by molar-refractivity contribution is -0.120. The summed E-state index contributed by atoms with van der Waals surface area (Å²) in [7, 11) is 0. The van der Waals surface area contributed by atoms with E-state index in [2.05, 4.69) is 47.1 Å². The predicted molar refractivity (Wildman–Crippen MR) is 112 cm³/mol. The Morgan fingerprint density at radius 3 is 2.59 bits per heavy atom. The number of aromatic nitrogens is 2. The lowest BCUT2D eigenvalue weighted by Crippen LogP contribution is -2.37. The van der Waals surface area contributed by atoms with Gasteiger partial charge >= 0.3 is 0 Å². The number of hydrogen-bond donors (Lipinski definition) is 1. The first kappa shape index (κ1) is 18.1. The topological polar surface area (TPSA) is 46.9 Å². The summed E-state index contributed by atoms with van der Waals surface area (Å²) < 4.78 is 2.15. The van der Waals surface area contributed by atoms with Crippen LogP contribution in [0.25, 0.3) is 16.7 Å². The SMILES string of the molecule is Cc1ccc(-n2c(S[C@@H](C)C(=O)NC3CCCC3)nc3ccccc32)cc1. The van der Waals surface area contributed by atoms with Crippen molar-refractivity contribution in [1.29, 1.82) is 0 Å². The largest absolute Gasteiger partial charge is 0.352 e. The minimum atomic E-state index is -0.188. The standard InChI is InChI=1S/C22H25N3OS/c1-15-11-13-18(14-12-15)25-20-10-6-5-9-19(20)24-22(25)27-16(2)21(26)23-17-7-3-4-8-17/h5-6,9-14,16-17H,3-4,7-8H2,1-2H3,(H,23,26)/t16-/m0/s1. The molecule has 1 aliphatic rings. The van der Waals surface area contributed by atoms with Crippen LogP contribution in [-0.2, 0) is 4.79 Å². The van der Waals surface area contributed by atoms with Crippen molar-refractivity contribution in [3.63, 3.8) is 0 Å². The van der Waals surface area contributed by atoms with Crippen molar-refractivity contribution >= 4 is 28.7 Å². The van der Waals surface area contributed by atoms with E-state index in [1.807, 2.05) is 25.1 Å². The summed E-state index contributed by atoms with van der Waals surface area (Å²) in [4.78, 5) is 17.5. The van der Waals surface area contributed by atoms with Crippen LogP contribution >= 0.6 is 11.8 Å². The second-order valence-corrected chi connectivity index (χ2v) is 8.61. The van der Waals surface area contributed by atoms with E-state index in [0.29, 0.717) is 6.04 Å². The highest BCUT2D eigenvalue weighted by Crippen LogP contribution is 2.31. The first-order valence-corrected chi connectivity index (χ1v) is 10.5. The fraction of sp³-hybridized carbons (Fsp3) is 0.364. The van der Waals surface area contributed by atoms with E-state index < -0.39 is 0 Å². The van der Waals surface area contributed by atoms with Crippen molar-refractivity contribution in [2.45, 2.75) is 56.0 Å². The number of amides is 1. The highest BCUT2D eigenvalue weighted by molar-refractivity contribution is 8.00. The van der Waals surface area contributed by atoms with Gasteiger partial charge in [0.05, 0.1) is 16.3 Å². The van der Waals surface area contributed by atoms with E-state index in [9.17, 15) is 4.79 Å². The van der Waals surface area contributed by atoms with Gasteiger partial charge in [-0.25, -0.2) is 4.98 Å². The molecule has 3 aromatic rings. The van der Waals surface area contributed by atoms with E-state index in [0.717, 1.165) is 34.7 Å². The molecule has 0 spiro atoms. The van der Waals surface area contributed by atoms with Gasteiger partial charge in [0, 0.05) is 11.7 Å². The minimum absolute atomic E-state index is 0.106. The molecule has 5 heteroatoms. The van der Waals surface area contributed by atoms with Gasteiger partial charge in [0.1, 0.15) is 0 Å². The molecule has 1 N–H and O–H groups in total. The van der Waals surface area contributed by atoms with Crippen molar-refractivity contribution in [3.8, 4) is 5.69 Å². The van der Waals surface area contributed by atoms with Crippen LogP contribution in [0.2, 0.25) is 0 Å². The molecule has 1 amide bonds. The number of imidazole rings is 1.